The number of nitrogens with one attached hydrogen (secondary N) is 2. The fourth-order valence-electron chi connectivity index (χ4n) is 4.18. The van der Waals surface area contributed by atoms with Crippen LogP contribution in [0.25, 0.3) is 10.9 Å². The number of H-pyrrole nitrogens is 1. The van der Waals surface area contributed by atoms with Crippen LogP contribution in [0.3, 0.4) is 0 Å². The quantitative estimate of drug-likeness (QED) is 0.552. The fourth-order valence-corrected chi connectivity index (χ4v) is 4.18. The summed E-state index contributed by atoms with van der Waals surface area (Å²) in [5.41, 5.74) is 1.81. The third-order valence-electron chi connectivity index (χ3n) is 5.87. The molecule has 0 bridgehead atoms. The lowest BCUT2D eigenvalue weighted by Gasteiger charge is -2.32. The SMILES string of the molecule is O=C(NC(Cc1c[nH]c2cc(F)ccc12)C(=O)O)C1CCCN(C(=O)c2ccccc2)C1. The van der Waals surface area contributed by atoms with Gasteiger partial charge in [0, 0.05) is 42.2 Å². The van der Waals surface area contributed by atoms with Gasteiger partial charge in [-0.3, -0.25) is 9.59 Å². The van der Waals surface area contributed by atoms with Gasteiger partial charge < -0.3 is 20.3 Å². The molecule has 0 aliphatic carbocycles. The van der Waals surface area contributed by atoms with Crippen molar-refractivity contribution in [3.63, 3.8) is 0 Å². The van der Waals surface area contributed by atoms with Crippen molar-refractivity contribution in [1.29, 1.82) is 0 Å². The third-order valence-corrected chi connectivity index (χ3v) is 5.87. The van der Waals surface area contributed by atoms with Gasteiger partial charge in [-0.25, -0.2) is 9.18 Å². The molecule has 4 rings (SSSR count). The average Bonchev–Trinajstić information content (AvgIpc) is 3.20. The molecule has 2 heterocycles. The van der Waals surface area contributed by atoms with E-state index in [4.69, 9.17) is 0 Å². The second-order valence-electron chi connectivity index (χ2n) is 8.06. The Morgan fingerprint density at radius 1 is 1.19 bits per heavy atom. The van der Waals surface area contributed by atoms with Crippen LogP contribution in [0.1, 0.15) is 28.8 Å². The second-order valence-corrected chi connectivity index (χ2v) is 8.06. The van der Waals surface area contributed by atoms with Crippen LogP contribution in [0.2, 0.25) is 0 Å². The van der Waals surface area contributed by atoms with E-state index < -0.39 is 17.9 Å². The summed E-state index contributed by atoms with van der Waals surface area (Å²) in [6, 6.07) is 12.0. The van der Waals surface area contributed by atoms with Crippen molar-refractivity contribution in [3.8, 4) is 0 Å². The van der Waals surface area contributed by atoms with Gasteiger partial charge in [-0.1, -0.05) is 18.2 Å². The molecule has 0 radical (unpaired) electrons. The number of carboxylic acid groups (broad SMARTS) is 1. The minimum atomic E-state index is -1.15. The number of halogens is 1. The summed E-state index contributed by atoms with van der Waals surface area (Å²) in [7, 11) is 0. The number of amides is 2. The van der Waals surface area contributed by atoms with Gasteiger partial charge in [0.1, 0.15) is 11.9 Å². The number of aliphatic carboxylic acids is 1. The van der Waals surface area contributed by atoms with E-state index in [1.807, 2.05) is 6.07 Å². The predicted molar refractivity (Wildman–Crippen MR) is 117 cm³/mol. The number of nitrogens with zero attached hydrogens (tertiary/aromatic N) is 1. The number of piperidine rings is 1. The van der Waals surface area contributed by atoms with Gasteiger partial charge in [-0.15, -0.1) is 0 Å². The van der Waals surface area contributed by atoms with Crippen molar-refractivity contribution < 1.29 is 23.9 Å². The Balaban J connectivity index is 1.43. The summed E-state index contributed by atoms with van der Waals surface area (Å²) in [4.78, 5) is 42.0. The molecular weight excluding hydrogens is 413 g/mol. The molecule has 1 aliphatic heterocycles. The lowest BCUT2D eigenvalue weighted by molar-refractivity contribution is -0.142. The van der Waals surface area contributed by atoms with Crippen molar-refractivity contribution in [2.45, 2.75) is 25.3 Å². The first-order chi connectivity index (χ1) is 15.4. The Kier molecular flexibility index (Phi) is 6.20. The van der Waals surface area contributed by atoms with Crippen molar-refractivity contribution in [3.05, 3.63) is 71.7 Å². The highest BCUT2D eigenvalue weighted by Crippen LogP contribution is 2.22. The zero-order chi connectivity index (χ0) is 22.7. The molecular formula is C24H24FN3O4. The summed E-state index contributed by atoms with van der Waals surface area (Å²) >= 11 is 0. The lowest BCUT2D eigenvalue weighted by atomic mass is 9.95. The van der Waals surface area contributed by atoms with Crippen LogP contribution in [0.15, 0.2) is 54.7 Å². The predicted octanol–water partition coefficient (Wildman–Crippen LogP) is 2.97. The van der Waals surface area contributed by atoms with Crippen LogP contribution < -0.4 is 5.32 Å². The number of likely N-dealkylation sites (tertiary alicyclic amines) is 1. The lowest BCUT2D eigenvalue weighted by Crippen LogP contribution is -2.50. The van der Waals surface area contributed by atoms with Gasteiger partial charge in [0.15, 0.2) is 0 Å². The van der Waals surface area contributed by atoms with E-state index in [1.54, 1.807) is 41.4 Å². The van der Waals surface area contributed by atoms with Crippen LogP contribution in [-0.4, -0.2) is 51.9 Å². The zero-order valence-corrected chi connectivity index (χ0v) is 17.4. The number of fused-ring (bicyclic) bond motifs is 1. The molecule has 32 heavy (non-hydrogen) atoms. The van der Waals surface area contributed by atoms with Gasteiger partial charge >= 0.3 is 5.97 Å². The van der Waals surface area contributed by atoms with E-state index in [2.05, 4.69) is 10.3 Å². The Morgan fingerprint density at radius 2 is 1.97 bits per heavy atom. The Labute approximate surface area is 184 Å². The second kappa shape index (κ2) is 9.21. The maximum absolute atomic E-state index is 13.4. The molecule has 3 aromatic rings. The summed E-state index contributed by atoms with van der Waals surface area (Å²) in [6.45, 7) is 0.810. The number of hydrogen-bond donors (Lipinski definition) is 3. The van der Waals surface area contributed by atoms with Crippen LogP contribution in [0, 0.1) is 11.7 Å². The molecule has 7 nitrogen and oxygen atoms in total. The largest absolute Gasteiger partial charge is 0.480 e. The molecule has 1 aliphatic rings. The monoisotopic (exact) mass is 437 g/mol. The summed E-state index contributed by atoms with van der Waals surface area (Å²) < 4.78 is 13.4. The van der Waals surface area contributed by atoms with Crippen LogP contribution in [0.4, 0.5) is 4.39 Å². The fraction of sp³-hybridized carbons (Fsp3) is 0.292. The Morgan fingerprint density at radius 3 is 2.72 bits per heavy atom. The summed E-state index contributed by atoms with van der Waals surface area (Å²) in [5.74, 6) is -2.53. The highest BCUT2D eigenvalue weighted by molar-refractivity contribution is 5.95. The van der Waals surface area contributed by atoms with E-state index in [1.165, 1.54) is 12.1 Å². The Bertz CT molecular complexity index is 1140. The number of rotatable bonds is 6. The molecule has 2 amide bonds. The smallest absolute Gasteiger partial charge is 0.326 e. The molecule has 2 atom stereocenters. The first-order valence-corrected chi connectivity index (χ1v) is 10.6. The maximum Gasteiger partial charge on any atom is 0.326 e. The molecule has 3 N–H and O–H groups in total. The average molecular weight is 437 g/mol. The molecule has 1 fully saturated rings. The zero-order valence-electron chi connectivity index (χ0n) is 17.4. The number of benzene rings is 2. The normalized spacial score (nSPS) is 17.2. The van der Waals surface area contributed by atoms with Crippen molar-refractivity contribution in [2.75, 3.05) is 13.1 Å². The van der Waals surface area contributed by atoms with E-state index in [9.17, 15) is 23.9 Å². The minimum absolute atomic E-state index is 0.0616. The third kappa shape index (κ3) is 4.64. The van der Waals surface area contributed by atoms with Crippen LogP contribution in [0.5, 0.6) is 0 Å². The van der Waals surface area contributed by atoms with Crippen molar-refractivity contribution >= 4 is 28.7 Å². The first-order valence-electron chi connectivity index (χ1n) is 10.6. The van der Waals surface area contributed by atoms with E-state index in [0.717, 1.165) is 0 Å². The molecule has 0 saturated carbocycles. The first kappa shape index (κ1) is 21.5. The number of carboxylic acids is 1. The number of carbonyl (C=O) groups is 3. The molecule has 2 aromatic carbocycles. The summed E-state index contributed by atoms with van der Waals surface area (Å²) in [5, 5.41) is 13.0. The number of aromatic nitrogens is 1. The standard InChI is InChI=1S/C24H24FN3O4/c25-18-8-9-19-17(13-26-20(19)12-18)11-21(24(31)32)27-22(29)16-7-4-10-28(14-16)23(30)15-5-2-1-3-6-15/h1-3,5-6,8-9,12-13,16,21,26H,4,7,10-11,14H2,(H,27,29)(H,31,32). The van der Waals surface area contributed by atoms with Crippen molar-refractivity contribution in [1.82, 2.24) is 15.2 Å². The van der Waals surface area contributed by atoms with Gasteiger partial charge in [-0.05, 0) is 48.7 Å². The molecule has 166 valence electrons. The Hall–Kier alpha value is -3.68. The van der Waals surface area contributed by atoms with E-state index in [0.29, 0.717) is 41.4 Å². The van der Waals surface area contributed by atoms with Gasteiger partial charge in [0.2, 0.25) is 5.91 Å². The molecule has 1 aromatic heterocycles. The van der Waals surface area contributed by atoms with Crippen molar-refractivity contribution in [2.24, 2.45) is 5.92 Å². The maximum atomic E-state index is 13.4. The molecule has 0 spiro atoms. The van der Waals surface area contributed by atoms with Gasteiger partial charge in [0.05, 0.1) is 5.92 Å². The highest BCUT2D eigenvalue weighted by atomic mass is 19.1. The molecule has 1 saturated heterocycles. The van der Waals surface area contributed by atoms with E-state index >= 15 is 0 Å². The van der Waals surface area contributed by atoms with Gasteiger partial charge in [-0.2, -0.15) is 0 Å². The highest BCUT2D eigenvalue weighted by Gasteiger charge is 2.31. The van der Waals surface area contributed by atoms with E-state index in [-0.39, 0.29) is 30.6 Å². The topological polar surface area (TPSA) is 102 Å². The van der Waals surface area contributed by atoms with Crippen LogP contribution >= 0.6 is 0 Å². The molecule has 8 heteroatoms. The number of carbonyl (C=O) groups excluding carboxylic acids is 2. The van der Waals surface area contributed by atoms with Gasteiger partial charge in [0.25, 0.3) is 5.91 Å². The molecule has 2 unspecified atom stereocenters. The minimum Gasteiger partial charge on any atom is -0.480 e. The summed E-state index contributed by atoms with van der Waals surface area (Å²) in [6.07, 6.45) is 2.95. The van der Waals surface area contributed by atoms with Crippen LogP contribution in [-0.2, 0) is 16.0 Å². The number of hydrogen-bond acceptors (Lipinski definition) is 3. The number of aromatic amines is 1.